The Morgan fingerprint density at radius 2 is 1.90 bits per heavy atom. The van der Waals surface area contributed by atoms with Gasteiger partial charge in [-0.1, -0.05) is 6.92 Å². The molecule has 0 aliphatic carbocycles. The van der Waals surface area contributed by atoms with Crippen LogP contribution in [0.3, 0.4) is 0 Å². The van der Waals surface area contributed by atoms with Crippen LogP contribution in [0, 0.1) is 11.6 Å². The smallest absolute Gasteiger partial charge is 0.254 e. The van der Waals surface area contributed by atoms with Crippen molar-refractivity contribution in [2.75, 3.05) is 38.1 Å². The number of hydrogen-bond donors (Lipinski definition) is 2. The van der Waals surface area contributed by atoms with Gasteiger partial charge in [0.25, 0.3) is 11.5 Å². The van der Waals surface area contributed by atoms with Gasteiger partial charge in [-0.2, -0.15) is 5.10 Å². The lowest BCUT2D eigenvalue weighted by Crippen LogP contribution is -2.46. The molecule has 8 nitrogen and oxygen atoms in total. The molecular formula is C21H24F2N6O2. The minimum atomic E-state index is -1.14. The molecule has 3 aromatic rings. The molecule has 1 saturated heterocycles. The largest absolute Gasteiger partial charge is 0.367 e. The zero-order valence-electron chi connectivity index (χ0n) is 17.4. The maximum absolute atomic E-state index is 14.6. The number of halogens is 2. The minimum Gasteiger partial charge on any atom is -0.367 e. The number of anilines is 1. The Balaban J connectivity index is 1.46. The molecule has 31 heavy (non-hydrogen) atoms. The highest BCUT2D eigenvalue weighted by atomic mass is 19.2. The number of H-pyrrole nitrogens is 1. The Kier molecular flexibility index (Phi) is 5.73. The number of hydrogen-bond acceptors (Lipinski definition) is 5. The third kappa shape index (κ3) is 3.90. The molecular weight excluding hydrogens is 406 g/mol. The number of nitrogens with zero attached hydrogens (tertiary/aromatic N) is 4. The van der Waals surface area contributed by atoms with Gasteiger partial charge in [0, 0.05) is 57.1 Å². The summed E-state index contributed by atoms with van der Waals surface area (Å²) in [5.74, 6) is -2.81. The van der Waals surface area contributed by atoms with Crippen LogP contribution in [0.15, 0.2) is 29.3 Å². The van der Waals surface area contributed by atoms with Gasteiger partial charge >= 0.3 is 0 Å². The second-order valence-corrected chi connectivity index (χ2v) is 7.53. The van der Waals surface area contributed by atoms with Crippen LogP contribution in [0.4, 0.5) is 14.5 Å². The highest BCUT2D eigenvalue weighted by Crippen LogP contribution is 2.26. The van der Waals surface area contributed by atoms with E-state index in [0.29, 0.717) is 50.4 Å². The third-order valence-corrected chi connectivity index (χ3v) is 5.69. The van der Waals surface area contributed by atoms with Crippen molar-refractivity contribution < 1.29 is 13.6 Å². The molecule has 1 fully saturated rings. The predicted octanol–water partition coefficient (Wildman–Crippen LogP) is 1.54. The van der Waals surface area contributed by atoms with E-state index in [1.807, 2.05) is 6.92 Å². The highest BCUT2D eigenvalue weighted by Gasteiger charge is 2.24. The molecule has 1 aliphatic heterocycles. The molecule has 1 aliphatic rings. The Morgan fingerprint density at radius 3 is 2.58 bits per heavy atom. The van der Waals surface area contributed by atoms with Gasteiger partial charge in [0.1, 0.15) is 5.65 Å². The summed E-state index contributed by atoms with van der Waals surface area (Å²) in [4.78, 5) is 30.6. The van der Waals surface area contributed by atoms with Gasteiger partial charge in [0.15, 0.2) is 11.6 Å². The number of nitrogens with one attached hydrogen (secondary N) is 2. The fourth-order valence-corrected chi connectivity index (χ4v) is 3.88. The van der Waals surface area contributed by atoms with E-state index < -0.39 is 17.5 Å². The lowest BCUT2D eigenvalue weighted by molar-refractivity contribution is 0.0958. The molecule has 2 aromatic heterocycles. The maximum atomic E-state index is 14.6. The summed E-state index contributed by atoms with van der Waals surface area (Å²) in [5, 5.41) is 6.64. The van der Waals surface area contributed by atoms with Crippen LogP contribution in [0.1, 0.15) is 28.4 Å². The van der Waals surface area contributed by atoms with Gasteiger partial charge < -0.3 is 15.2 Å². The molecule has 0 atom stereocenters. The van der Waals surface area contributed by atoms with E-state index in [4.69, 9.17) is 0 Å². The summed E-state index contributed by atoms with van der Waals surface area (Å²) >= 11 is 0. The van der Waals surface area contributed by atoms with E-state index in [0.717, 1.165) is 5.56 Å². The van der Waals surface area contributed by atoms with Crippen LogP contribution < -0.4 is 15.8 Å². The van der Waals surface area contributed by atoms with Crippen molar-refractivity contribution in [2.24, 2.45) is 0 Å². The summed E-state index contributed by atoms with van der Waals surface area (Å²) in [6.45, 7) is 4.78. The summed E-state index contributed by atoms with van der Waals surface area (Å²) in [5.41, 5.74) is 1.97. The van der Waals surface area contributed by atoms with Gasteiger partial charge in [-0.3, -0.25) is 14.5 Å². The second kappa shape index (κ2) is 8.46. The Labute approximate surface area is 177 Å². The monoisotopic (exact) mass is 430 g/mol. The Hall–Kier alpha value is -3.27. The number of rotatable bonds is 5. The number of aromatic amines is 1. The fraction of sp³-hybridized carbons (Fsp3) is 0.381. The normalized spacial score (nSPS) is 14.9. The number of piperazine rings is 1. The van der Waals surface area contributed by atoms with E-state index in [-0.39, 0.29) is 16.8 Å². The van der Waals surface area contributed by atoms with Crippen LogP contribution in [-0.2, 0) is 13.0 Å². The zero-order chi connectivity index (χ0) is 22.1. The number of aromatic nitrogens is 3. The first-order valence-corrected chi connectivity index (χ1v) is 10.2. The molecule has 0 unspecified atom stereocenters. The SMILES string of the molecule is CCc1cn2ncc(CN3CCN(c4ccc(C(=O)NC)c(F)c4F)CC3)c2[nH]c1=O. The highest BCUT2D eigenvalue weighted by molar-refractivity contribution is 5.94. The van der Waals surface area contributed by atoms with Crippen molar-refractivity contribution in [1.82, 2.24) is 24.8 Å². The summed E-state index contributed by atoms with van der Waals surface area (Å²) in [6.07, 6.45) is 4.11. The van der Waals surface area contributed by atoms with Gasteiger partial charge in [-0.05, 0) is 18.6 Å². The van der Waals surface area contributed by atoms with E-state index in [1.54, 1.807) is 21.8 Å². The fourth-order valence-electron chi connectivity index (χ4n) is 3.88. The molecule has 1 aromatic carbocycles. The van der Waals surface area contributed by atoms with Crippen molar-refractivity contribution in [3.63, 3.8) is 0 Å². The van der Waals surface area contributed by atoms with Gasteiger partial charge in [-0.15, -0.1) is 0 Å². The average Bonchev–Trinajstić information content (AvgIpc) is 3.16. The average molecular weight is 430 g/mol. The Bertz CT molecular complexity index is 1180. The number of fused-ring (bicyclic) bond motifs is 1. The zero-order valence-corrected chi connectivity index (χ0v) is 17.4. The molecule has 1 amide bonds. The molecule has 164 valence electrons. The number of aryl methyl sites for hydroxylation is 1. The third-order valence-electron chi connectivity index (χ3n) is 5.69. The first-order chi connectivity index (χ1) is 14.9. The number of carbonyl (C=O) groups excluding carboxylic acids is 1. The molecule has 0 bridgehead atoms. The van der Waals surface area contributed by atoms with Crippen LogP contribution in [0.5, 0.6) is 0 Å². The van der Waals surface area contributed by atoms with Crippen molar-refractivity contribution in [1.29, 1.82) is 0 Å². The number of amides is 1. The summed E-state index contributed by atoms with van der Waals surface area (Å²) in [6, 6.07) is 2.75. The molecule has 0 saturated carbocycles. The van der Waals surface area contributed by atoms with Crippen LogP contribution in [-0.4, -0.2) is 58.6 Å². The van der Waals surface area contributed by atoms with E-state index >= 15 is 0 Å². The van der Waals surface area contributed by atoms with E-state index in [1.165, 1.54) is 19.2 Å². The van der Waals surface area contributed by atoms with Gasteiger partial charge in [0.05, 0.1) is 17.4 Å². The van der Waals surface area contributed by atoms with E-state index in [9.17, 15) is 18.4 Å². The van der Waals surface area contributed by atoms with Crippen LogP contribution in [0.25, 0.3) is 5.65 Å². The first kappa shape index (κ1) is 21.0. The lowest BCUT2D eigenvalue weighted by Gasteiger charge is -2.36. The number of benzene rings is 1. The lowest BCUT2D eigenvalue weighted by atomic mass is 10.1. The summed E-state index contributed by atoms with van der Waals surface area (Å²) in [7, 11) is 1.37. The molecule has 2 N–H and O–H groups in total. The van der Waals surface area contributed by atoms with Crippen molar-refractivity contribution in [2.45, 2.75) is 19.9 Å². The topological polar surface area (TPSA) is 85.7 Å². The second-order valence-electron chi connectivity index (χ2n) is 7.53. The van der Waals surface area contributed by atoms with Crippen molar-refractivity contribution in [3.8, 4) is 0 Å². The molecule has 0 radical (unpaired) electrons. The standard InChI is InChI=1S/C21H24F2N6O2/c1-3-13-12-29-19(26-20(13)30)14(10-25-29)11-27-6-8-28(9-7-27)16-5-4-15(21(31)24-2)17(22)18(16)23/h4-5,10,12H,3,6-9,11H2,1-2H3,(H,24,31)(H,26,30). The molecule has 4 rings (SSSR count). The summed E-state index contributed by atoms with van der Waals surface area (Å²) < 4.78 is 30.6. The van der Waals surface area contributed by atoms with Crippen molar-refractivity contribution >= 4 is 17.2 Å². The maximum Gasteiger partial charge on any atom is 0.254 e. The quantitative estimate of drug-likeness (QED) is 0.642. The number of carbonyl (C=O) groups is 1. The molecule has 0 spiro atoms. The first-order valence-electron chi connectivity index (χ1n) is 10.2. The van der Waals surface area contributed by atoms with Crippen LogP contribution >= 0.6 is 0 Å². The van der Waals surface area contributed by atoms with Gasteiger partial charge in [0.2, 0.25) is 0 Å². The van der Waals surface area contributed by atoms with Gasteiger partial charge in [-0.25, -0.2) is 13.3 Å². The molecule has 3 heterocycles. The minimum absolute atomic E-state index is 0.112. The van der Waals surface area contributed by atoms with Crippen molar-refractivity contribution in [3.05, 3.63) is 63.2 Å². The predicted molar refractivity (Wildman–Crippen MR) is 112 cm³/mol. The van der Waals surface area contributed by atoms with Crippen LogP contribution in [0.2, 0.25) is 0 Å². The van der Waals surface area contributed by atoms with E-state index in [2.05, 4.69) is 20.3 Å². The Morgan fingerprint density at radius 1 is 1.16 bits per heavy atom. The molecule has 10 heteroatoms.